The van der Waals surface area contributed by atoms with Gasteiger partial charge in [0.1, 0.15) is 10.6 Å². The van der Waals surface area contributed by atoms with Gasteiger partial charge in [0.05, 0.1) is 0 Å². The Bertz CT molecular complexity index is 861. The van der Waals surface area contributed by atoms with Crippen LogP contribution in [0.15, 0.2) is 47.4 Å². The van der Waals surface area contributed by atoms with E-state index >= 15 is 0 Å². The quantitative estimate of drug-likeness (QED) is 0.285. The van der Waals surface area contributed by atoms with Crippen molar-refractivity contribution in [1.82, 2.24) is 0 Å². The average molecular weight is 421 g/mol. The molecule has 0 saturated carbocycles. The molecular weight excluding hydrogens is 388 g/mol. The molecule has 0 fully saturated rings. The first kappa shape index (κ1) is 23.2. The molecule has 0 aliphatic heterocycles. The van der Waals surface area contributed by atoms with Crippen molar-refractivity contribution < 1.29 is 22.8 Å². The van der Waals surface area contributed by atoms with Crippen molar-refractivity contribution in [2.45, 2.75) is 76.0 Å². The van der Waals surface area contributed by atoms with E-state index in [-0.39, 0.29) is 22.1 Å². The van der Waals surface area contributed by atoms with Crippen LogP contribution in [0, 0.1) is 0 Å². The molecular formula is C23H32O5S. The molecule has 0 aliphatic carbocycles. The number of aromatic hydroxyl groups is 1. The highest BCUT2D eigenvalue weighted by Gasteiger charge is 2.18. The third-order valence-corrected chi connectivity index (χ3v) is 5.83. The fourth-order valence-electron chi connectivity index (χ4n) is 3.30. The van der Waals surface area contributed by atoms with E-state index in [2.05, 4.69) is 6.92 Å². The molecule has 2 aromatic carbocycles. The van der Waals surface area contributed by atoms with Crippen LogP contribution in [0.25, 0.3) is 0 Å². The minimum atomic E-state index is -4.43. The summed E-state index contributed by atoms with van der Waals surface area (Å²) in [7, 11) is -4.43. The van der Waals surface area contributed by atoms with Crippen molar-refractivity contribution in [1.29, 1.82) is 0 Å². The summed E-state index contributed by atoms with van der Waals surface area (Å²) in [6, 6.07) is 11.0. The summed E-state index contributed by atoms with van der Waals surface area (Å²) in [5, 5.41) is 9.89. The van der Waals surface area contributed by atoms with Gasteiger partial charge in [0.15, 0.2) is 11.5 Å². The maximum atomic E-state index is 11.7. The second-order valence-electron chi connectivity index (χ2n) is 7.40. The number of phenols is 1. The number of aryl methyl sites for hydroxylation is 1. The standard InChI is InChI=1S/C23H32O5S/c1-2-3-4-5-6-7-8-9-10-13-19-16-17-23(29(25,26)27)22(18-19)28-21-15-12-11-14-20(21)24/h11-12,14-18,24H,2-10,13H2,1H3,(H,25,26,27). The van der Waals surface area contributed by atoms with Gasteiger partial charge in [-0.05, 0) is 42.7 Å². The van der Waals surface area contributed by atoms with E-state index in [1.165, 1.54) is 63.1 Å². The van der Waals surface area contributed by atoms with E-state index in [0.29, 0.717) is 0 Å². The number of hydrogen-bond acceptors (Lipinski definition) is 4. The van der Waals surface area contributed by atoms with Crippen LogP contribution >= 0.6 is 0 Å². The fraction of sp³-hybridized carbons (Fsp3) is 0.478. The molecule has 0 heterocycles. The summed E-state index contributed by atoms with van der Waals surface area (Å²) in [6.45, 7) is 2.22. The predicted octanol–water partition coefficient (Wildman–Crippen LogP) is 6.50. The largest absolute Gasteiger partial charge is 0.504 e. The number of para-hydroxylation sites is 2. The molecule has 0 aromatic heterocycles. The highest BCUT2D eigenvalue weighted by molar-refractivity contribution is 7.86. The van der Waals surface area contributed by atoms with Gasteiger partial charge in [-0.3, -0.25) is 4.55 Å². The molecule has 2 N–H and O–H groups in total. The number of phenolic OH excluding ortho intramolecular Hbond substituents is 1. The molecule has 0 saturated heterocycles. The Morgan fingerprint density at radius 3 is 2.07 bits per heavy atom. The molecule has 5 nitrogen and oxygen atoms in total. The van der Waals surface area contributed by atoms with Crippen LogP contribution in [0.5, 0.6) is 17.2 Å². The van der Waals surface area contributed by atoms with E-state index in [0.717, 1.165) is 24.8 Å². The van der Waals surface area contributed by atoms with Gasteiger partial charge in [0.2, 0.25) is 0 Å². The highest BCUT2D eigenvalue weighted by atomic mass is 32.2. The highest BCUT2D eigenvalue weighted by Crippen LogP contribution is 2.34. The van der Waals surface area contributed by atoms with Gasteiger partial charge in [0.25, 0.3) is 10.1 Å². The van der Waals surface area contributed by atoms with Gasteiger partial charge in [-0.25, -0.2) is 0 Å². The fourth-order valence-corrected chi connectivity index (χ4v) is 3.90. The van der Waals surface area contributed by atoms with Crippen molar-refractivity contribution in [3.63, 3.8) is 0 Å². The Hall–Kier alpha value is -2.05. The molecule has 6 heteroatoms. The molecule has 2 aromatic rings. The number of rotatable bonds is 13. The van der Waals surface area contributed by atoms with E-state index in [4.69, 9.17) is 4.74 Å². The lowest BCUT2D eigenvalue weighted by atomic mass is 10.0. The van der Waals surface area contributed by atoms with Crippen LogP contribution in [-0.2, 0) is 16.5 Å². The lowest BCUT2D eigenvalue weighted by molar-refractivity contribution is 0.402. The molecule has 0 radical (unpaired) electrons. The number of benzene rings is 2. The summed E-state index contributed by atoms with van der Waals surface area (Å²) in [5.74, 6) is 0.0539. The summed E-state index contributed by atoms with van der Waals surface area (Å²) in [6.07, 6.45) is 11.9. The number of ether oxygens (including phenoxy) is 1. The minimum absolute atomic E-state index is 0.0161. The zero-order valence-electron chi connectivity index (χ0n) is 17.1. The molecule has 0 atom stereocenters. The lowest BCUT2D eigenvalue weighted by Crippen LogP contribution is -2.02. The van der Waals surface area contributed by atoms with Gasteiger partial charge >= 0.3 is 0 Å². The molecule has 160 valence electrons. The number of unbranched alkanes of at least 4 members (excludes halogenated alkanes) is 8. The van der Waals surface area contributed by atoms with Crippen molar-refractivity contribution >= 4 is 10.1 Å². The molecule has 29 heavy (non-hydrogen) atoms. The Kier molecular flexibility index (Phi) is 9.48. The normalized spacial score (nSPS) is 11.5. The van der Waals surface area contributed by atoms with Crippen molar-refractivity contribution in [3.05, 3.63) is 48.0 Å². The van der Waals surface area contributed by atoms with Crippen LogP contribution in [0.3, 0.4) is 0 Å². The van der Waals surface area contributed by atoms with Crippen LogP contribution in [0.2, 0.25) is 0 Å². The second-order valence-corrected chi connectivity index (χ2v) is 8.79. The van der Waals surface area contributed by atoms with E-state index in [9.17, 15) is 18.1 Å². The lowest BCUT2D eigenvalue weighted by Gasteiger charge is -2.12. The third kappa shape index (κ3) is 8.07. The molecule has 0 spiro atoms. The van der Waals surface area contributed by atoms with Gasteiger partial charge in [-0.2, -0.15) is 8.42 Å². The van der Waals surface area contributed by atoms with Crippen molar-refractivity contribution in [2.75, 3.05) is 0 Å². The maximum absolute atomic E-state index is 11.7. The van der Waals surface area contributed by atoms with Gasteiger partial charge in [-0.15, -0.1) is 0 Å². The maximum Gasteiger partial charge on any atom is 0.298 e. The minimum Gasteiger partial charge on any atom is -0.504 e. The number of hydrogen-bond donors (Lipinski definition) is 2. The Morgan fingerprint density at radius 2 is 1.45 bits per heavy atom. The van der Waals surface area contributed by atoms with E-state index in [1.807, 2.05) is 0 Å². The summed E-state index contributed by atoms with van der Waals surface area (Å²) in [5.41, 5.74) is 0.936. The Morgan fingerprint density at radius 1 is 0.828 bits per heavy atom. The predicted molar refractivity (Wildman–Crippen MR) is 115 cm³/mol. The summed E-state index contributed by atoms with van der Waals surface area (Å²) in [4.78, 5) is -0.309. The van der Waals surface area contributed by atoms with E-state index < -0.39 is 10.1 Å². The van der Waals surface area contributed by atoms with E-state index in [1.54, 1.807) is 24.3 Å². The zero-order valence-corrected chi connectivity index (χ0v) is 18.0. The van der Waals surface area contributed by atoms with Crippen LogP contribution in [0.4, 0.5) is 0 Å². The van der Waals surface area contributed by atoms with Gasteiger partial charge in [-0.1, -0.05) is 76.5 Å². The van der Waals surface area contributed by atoms with Gasteiger partial charge in [0, 0.05) is 0 Å². The van der Waals surface area contributed by atoms with Crippen LogP contribution in [0.1, 0.15) is 70.3 Å². The summed E-state index contributed by atoms with van der Waals surface area (Å²) < 4.78 is 38.5. The van der Waals surface area contributed by atoms with Crippen molar-refractivity contribution in [3.8, 4) is 17.2 Å². The topological polar surface area (TPSA) is 83.8 Å². The first-order valence-corrected chi connectivity index (χ1v) is 11.9. The van der Waals surface area contributed by atoms with Crippen LogP contribution in [-0.4, -0.2) is 18.1 Å². The first-order chi connectivity index (χ1) is 13.9. The smallest absolute Gasteiger partial charge is 0.298 e. The first-order valence-electron chi connectivity index (χ1n) is 10.5. The molecule has 2 rings (SSSR count). The second kappa shape index (κ2) is 11.8. The average Bonchev–Trinajstić information content (AvgIpc) is 2.68. The third-order valence-electron chi connectivity index (χ3n) is 4.94. The van der Waals surface area contributed by atoms with Gasteiger partial charge < -0.3 is 9.84 Å². The zero-order chi connectivity index (χ0) is 21.1. The molecule has 0 bridgehead atoms. The SMILES string of the molecule is CCCCCCCCCCCc1ccc(S(=O)(=O)O)c(Oc2ccccc2O)c1. The van der Waals surface area contributed by atoms with Crippen molar-refractivity contribution in [2.24, 2.45) is 0 Å². The molecule has 0 amide bonds. The molecule has 0 aliphatic rings. The monoisotopic (exact) mass is 420 g/mol. The summed E-state index contributed by atoms with van der Waals surface area (Å²) >= 11 is 0. The van der Waals surface area contributed by atoms with Crippen LogP contribution < -0.4 is 4.74 Å². The molecule has 0 unspecified atom stereocenters. The Labute approximate surface area is 174 Å². The Balaban J connectivity index is 1.94.